The molecule has 1 atom stereocenters. The Morgan fingerprint density at radius 3 is 2.35 bits per heavy atom. The molecule has 1 saturated carbocycles. The lowest BCUT2D eigenvalue weighted by Crippen LogP contribution is -2.45. The third-order valence-electron chi connectivity index (χ3n) is 4.48. The Morgan fingerprint density at radius 2 is 1.78 bits per heavy atom. The fraction of sp³-hybridized carbons (Fsp3) is 0.625. The second-order valence-electron chi connectivity index (χ2n) is 6.25. The first kappa shape index (κ1) is 18.5. The number of piperazine rings is 1. The van der Waals surface area contributed by atoms with E-state index < -0.39 is 17.6 Å². The average Bonchev–Trinajstić information content (AvgIpc) is 3.28. The highest BCUT2D eigenvalue weighted by Gasteiger charge is 2.34. The molecule has 23 heavy (non-hydrogen) atoms. The van der Waals surface area contributed by atoms with Gasteiger partial charge in [0.25, 0.3) is 0 Å². The molecule has 1 heterocycles. The molecule has 0 amide bonds. The molecule has 2 aliphatic rings. The molecular formula is C16H21ClF4N2. The van der Waals surface area contributed by atoms with Crippen molar-refractivity contribution in [2.45, 2.75) is 31.5 Å². The van der Waals surface area contributed by atoms with E-state index in [-0.39, 0.29) is 18.4 Å². The van der Waals surface area contributed by atoms with Crippen LogP contribution in [0.3, 0.4) is 0 Å². The van der Waals surface area contributed by atoms with Gasteiger partial charge in [0.05, 0.1) is 5.56 Å². The molecule has 1 aromatic rings. The maximum absolute atomic E-state index is 13.7. The van der Waals surface area contributed by atoms with Crippen LogP contribution in [0.4, 0.5) is 17.6 Å². The molecule has 0 spiro atoms. The van der Waals surface area contributed by atoms with Gasteiger partial charge in [0, 0.05) is 32.2 Å². The van der Waals surface area contributed by atoms with Gasteiger partial charge >= 0.3 is 6.18 Å². The van der Waals surface area contributed by atoms with Crippen molar-refractivity contribution >= 4 is 12.4 Å². The molecule has 1 aliphatic heterocycles. The van der Waals surface area contributed by atoms with Gasteiger partial charge in [0.15, 0.2) is 0 Å². The molecule has 2 nitrogen and oxygen atoms in total. The summed E-state index contributed by atoms with van der Waals surface area (Å²) in [6, 6.07) is 2.85. The smallest absolute Gasteiger partial charge is 0.314 e. The fourth-order valence-electron chi connectivity index (χ4n) is 3.13. The van der Waals surface area contributed by atoms with Crippen molar-refractivity contribution in [3.05, 3.63) is 35.1 Å². The zero-order chi connectivity index (χ0) is 15.7. The lowest BCUT2D eigenvalue weighted by molar-refractivity contribution is -0.137. The lowest BCUT2D eigenvalue weighted by atomic mass is 9.96. The number of nitrogens with zero attached hydrogens (tertiary/aromatic N) is 1. The molecule has 130 valence electrons. The second-order valence-corrected chi connectivity index (χ2v) is 6.25. The monoisotopic (exact) mass is 352 g/mol. The maximum atomic E-state index is 13.7. The van der Waals surface area contributed by atoms with Gasteiger partial charge in [0.1, 0.15) is 5.82 Å². The van der Waals surface area contributed by atoms with E-state index in [1.54, 1.807) is 0 Å². The third-order valence-corrected chi connectivity index (χ3v) is 4.48. The number of benzene rings is 1. The van der Waals surface area contributed by atoms with Gasteiger partial charge in [-0.2, -0.15) is 13.2 Å². The first-order valence-corrected chi connectivity index (χ1v) is 7.76. The van der Waals surface area contributed by atoms with Crippen molar-refractivity contribution in [1.29, 1.82) is 0 Å². The molecule has 3 rings (SSSR count). The summed E-state index contributed by atoms with van der Waals surface area (Å²) in [7, 11) is 0. The van der Waals surface area contributed by atoms with Crippen LogP contribution >= 0.6 is 12.4 Å². The van der Waals surface area contributed by atoms with E-state index in [0.29, 0.717) is 17.5 Å². The van der Waals surface area contributed by atoms with Crippen molar-refractivity contribution in [3.63, 3.8) is 0 Å². The summed E-state index contributed by atoms with van der Waals surface area (Å²) in [5.74, 6) is -0.238. The van der Waals surface area contributed by atoms with E-state index in [1.165, 1.54) is 6.07 Å². The Balaban J connectivity index is 0.00000192. The van der Waals surface area contributed by atoms with Gasteiger partial charge in [-0.1, -0.05) is 12.8 Å². The lowest BCUT2D eigenvalue weighted by Gasteiger charge is -2.35. The Hall–Kier alpha value is -0.850. The summed E-state index contributed by atoms with van der Waals surface area (Å²) in [6.45, 7) is 3.22. The average molecular weight is 353 g/mol. The molecule has 1 N–H and O–H groups in total. The summed E-state index contributed by atoms with van der Waals surface area (Å²) in [6.07, 6.45) is -1.43. The van der Waals surface area contributed by atoms with Crippen LogP contribution in [0.25, 0.3) is 0 Å². The summed E-state index contributed by atoms with van der Waals surface area (Å²) < 4.78 is 52.5. The number of rotatable bonds is 4. The molecule has 1 aliphatic carbocycles. The number of alkyl halides is 3. The second kappa shape index (κ2) is 7.36. The molecular weight excluding hydrogens is 332 g/mol. The van der Waals surface area contributed by atoms with Crippen LogP contribution in [0.15, 0.2) is 18.2 Å². The molecule has 0 unspecified atom stereocenters. The Kier molecular flexibility index (Phi) is 5.92. The Morgan fingerprint density at radius 1 is 1.13 bits per heavy atom. The molecule has 0 radical (unpaired) electrons. The molecule has 0 bridgehead atoms. The maximum Gasteiger partial charge on any atom is 0.416 e. The summed E-state index contributed by atoms with van der Waals surface area (Å²) in [5, 5.41) is 3.24. The minimum Gasteiger partial charge on any atom is -0.314 e. The molecule has 1 saturated heterocycles. The number of hydrogen-bond acceptors (Lipinski definition) is 2. The van der Waals surface area contributed by atoms with E-state index >= 15 is 0 Å². The zero-order valence-corrected chi connectivity index (χ0v) is 13.5. The van der Waals surface area contributed by atoms with Crippen LogP contribution in [0, 0.1) is 11.7 Å². The summed E-state index contributed by atoms with van der Waals surface area (Å²) in [4.78, 5) is 2.18. The molecule has 7 heteroatoms. The van der Waals surface area contributed by atoms with Gasteiger partial charge in [-0.3, -0.25) is 4.90 Å². The predicted octanol–water partition coefficient (Wildman–Crippen LogP) is 4.01. The highest BCUT2D eigenvalue weighted by Crippen LogP contribution is 2.41. The highest BCUT2D eigenvalue weighted by atomic mass is 35.5. The number of halogens is 5. The first-order valence-electron chi connectivity index (χ1n) is 7.76. The van der Waals surface area contributed by atoms with E-state index in [2.05, 4.69) is 10.2 Å². The summed E-state index contributed by atoms with van der Waals surface area (Å²) in [5.41, 5.74) is -0.431. The third kappa shape index (κ3) is 4.81. The summed E-state index contributed by atoms with van der Waals surface area (Å²) >= 11 is 0. The Labute approximate surface area is 139 Å². The topological polar surface area (TPSA) is 15.3 Å². The quantitative estimate of drug-likeness (QED) is 0.824. The van der Waals surface area contributed by atoms with Crippen molar-refractivity contribution in [2.24, 2.45) is 5.92 Å². The van der Waals surface area contributed by atoms with Gasteiger partial charge in [-0.15, -0.1) is 12.4 Å². The van der Waals surface area contributed by atoms with Crippen LogP contribution in [-0.4, -0.2) is 31.1 Å². The number of hydrogen-bond donors (Lipinski definition) is 1. The van der Waals surface area contributed by atoms with Crippen molar-refractivity contribution in [2.75, 3.05) is 26.2 Å². The zero-order valence-electron chi connectivity index (χ0n) is 12.7. The SMILES string of the molecule is Cl.Fc1cc([C@@H](CC2CC2)N2CCNCC2)cc(C(F)(F)F)c1. The van der Waals surface area contributed by atoms with Gasteiger partial charge < -0.3 is 5.32 Å². The number of nitrogens with one attached hydrogen (secondary N) is 1. The van der Waals surface area contributed by atoms with Crippen LogP contribution < -0.4 is 5.32 Å². The van der Waals surface area contributed by atoms with Crippen LogP contribution in [-0.2, 0) is 6.18 Å². The minimum absolute atomic E-state index is 0. The molecule has 0 aromatic heterocycles. The van der Waals surface area contributed by atoms with Crippen molar-refractivity contribution < 1.29 is 17.6 Å². The van der Waals surface area contributed by atoms with E-state index in [9.17, 15) is 17.6 Å². The fourth-order valence-corrected chi connectivity index (χ4v) is 3.13. The largest absolute Gasteiger partial charge is 0.416 e. The van der Waals surface area contributed by atoms with Crippen molar-refractivity contribution in [3.8, 4) is 0 Å². The van der Waals surface area contributed by atoms with E-state index in [1.807, 2.05) is 0 Å². The predicted molar refractivity (Wildman–Crippen MR) is 83.2 cm³/mol. The standard InChI is InChI=1S/C16H20F4N2.ClH/c17-14-9-12(8-13(10-14)16(18,19)20)15(7-11-1-2-11)22-5-3-21-4-6-22;/h8-11,15,21H,1-7H2;1H/t15-;/m1./s1. The molecule has 2 fully saturated rings. The minimum atomic E-state index is -4.51. The van der Waals surface area contributed by atoms with Crippen LogP contribution in [0.2, 0.25) is 0 Å². The normalized spacial score (nSPS) is 20.9. The van der Waals surface area contributed by atoms with Gasteiger partial charge in [-0.05, 0) is 36.1 Å². The Bertz CT molecular complexity index is 525. The van der Waals surface area contributed by atoms with Gasteiger partial charge in [-0.25, -0.2) is 4.39 Å². The van der Waals surface area contributed by atoms with E-state index in [0.717, 1.165) is 51.5 Å². The van der Waals surface area contributed by atoms with E-state index in [4.69, 9.17) is 0 Å². The van der Waals surface area contributed by atoms with Crippen LogP contribution in [0.5, 0.6) is 0 Å². The highest BCUT2D eigenvalue weighted by molar-refractivity contribution is 5.85. The van der Waals surface area contributed by atoms with Crippen LogP contribution in [0.1, 0.15) is 36.4 Å². The van der Waals surface area contributed by atoms with Gasteiger partial charge in [0.2, 0.25) is 0 Å². The van der Waals surface area contributed by atoms with Crippen molar-refractivity contribution in [1.82, 2.24) is 10.2 Å². The first-order chi connectivity index (χ1) is 10.4. The molecule has 1 aromatic carbocycles.